The number of carboxylic acids is 1. The Kier molecular flexibility index (Phi) is 22.6. The molecular formula is C44H69N13O11. The normalized spacial score (nSPS) is 16.5. The molecule has 0 spiro atoms. The summed E-state index contributed by atoms with van der Waals surface area (Å²) in [6.07, 6.45) is 3.79. The molecule has 7 amide bonds. The maximum absolute atomic E-state index is 14.5. The number of phenols is 1. The first kappa shape index (κ1) is 55.5. The van der Waals surface area contributed by atoms with Crippen LogP contribution in [0.4, 0.5) is 0 Å². The molecule has 2 heterocycles. The Morgan fingerprint density at radius 3 is 2.07 bits per heavy atom. The molecule has 1 aromatic carbocycles. The molecule has 2 aromatic rings. The molecule has 0 radical (unpaired) electrons. The number of nitrogens with zero attached hydrogens (tertiary/aromatic N) is 3. The second-order valence-electron chi connectivity index (χ2n) is 17.1. The average molecular weight is 956 g/mol. The molecule has 8 atom stereocenters. The molecule has 1 aromatic heterocycles. The fourth-order valence-corrected chi connectivity index (χ4v) is 7.50. The molecule has 68 heavy (non-hydrogen) atoms. The van der Waals surface area contributed by atoms with E-state index in [0.29, 0.717) is 30.5 Å². The van der Waals surface area contributed by atoms with Gasteiger partial charge in [-0.3, -0.25) is 38.6 Å². The number of nitrogens with one attached hydrogen (secondary N) is 8. The van der Waals surface area contributed by atoms with Crippen LogP contribution in [0, 0.1) is 11.8 Å². The van der Waals surface area contributed by atoms with Crippen molar-refractivity contribution in [2.75, 3.05) is 33.3 Å². The summed E-state index contributed by atoms with van der Waals surface area (Å²) >= 11 is 0. The number of phenolic OH excluding ortho intramolecular Hbond substituents is 1. The lowest BCUT2D eigenvalue weighted by molar-refractivity contribution is -0.145. The fourth-order valence-electron chi connectivity index (χ4n) is 7.50. The highest BCUT2D eigenvalue weighted by molar-refractivity contribution is 5.98. The number of aromatic nitrogens is 2. The quantitative estimate of drug-likeness (QED) is 0.0234. The maximum atomic E-state index is 14.5. The third kappa shape index (κ3) is 17.4. The van der Waals surface area contributed by atoms with Crippen LogP contribution in [0.1, 0.15) is 77.5 Å². The number of carboxylic acid groups (broad SMARTS) is 1. The summed E-state index contributed by atoms with van der Waals surface area (Å²) in [5.41, 5.74) is 11.8. The molecule has 24 nitrogen and oxygen atoms in total. The summed E-state index contributed by atoms with van der Waals surface area (Å²) in [5.74, 6) is -7.44. The first-order valence-corrected chi connectivity index (χ1v) is 22.7. The zero-order valence-corrected chi connectivity index (χ0v) is 39.2. The van der Waals surface area contributed by atoms with Crippen molar-refractivity contribution >= 4 is 53.3 Å². The molecule has 15 N–H and O–H groups in total. The van der Waals surface area contributed by atoms with Crippen LogP contribution in [0.15, 0.2) is 41.8 Å². The van der Waals surface area contributed by atoms with Crippen molar-refractivity contribution < 1.29 is 53.7 Å². The van der Waals surface area contributed by atoms with Crippen molar-refractivity contribution in [3.8, 4) is 5.75 Å². The van der Waals surface area contributed by atoms with Gasteiger partial charge in [-0.2, -0.15) is 0 Å². The summed E-state index contributed by atoms with van der Waals surface area (Å²) in [6.45, 7) is 6.57. The van der Waals surface area contributed by atoms with Crippen molar-refractivity contribution in [1.29, 1.82) is 0 Å². The van der Waals surface area contributed by atoms with Gasteiger partial charge in [0.2, 0.25) is 41.4 Å². The van der Waals surface area contributed by atoms with Gasteiger partial charge in [0, 0.05) is 50.8 Å². The number of aliphatic imine (C=N–C) groups is 1. The number of hydrogen-bond acceptors (Lipinski definition) is 13. The number of aromatic amines is 1. The first-order valence-electron chi connectivity index (χ1n) is 22.7. The smallest absolute Gasteiger partial charge is 0.326 e. The van der Waals surface area contributed by atoms with Gasteiger partial charge in [-0.1, -0.05) is 46.2 Å². The molecule has 0 saturated carbocycles. The largest absolute Gasteiger partial charge is 0.508 e. The number of aliphatic carboxylic acids is 1. The number of aromatic hydroxyl groups is 1. The van der Waals surface area contributed by atoms with E-state index in [4.69, 9.17) is 11.5 Å². The van der Waals surface area contributed by atoms with Crippen LogP contribution >= 0.6 is 0 Å². The summed E-state index contributed by atoms with van der Waals surface area (Å²) in [7, 11) is 1.56. The predicted octanol–water partition coefficient (Wildman–Crippen LogP) is -2.76. The van der Waals surface area contributed by atoms with Crippen molar-refractivity contribution in [1.82, 2.24) is 52.1 Å². The minimum atomic E-state index is -1.39. The topological polar surface area (TPSA) is 378 Å². The average Bonchev–Trinajstić information content (AvgIpc) is 4.01. The van der Waals surface area contributed by atoms with Crippen molar-refractivity contribution in [2.45, 2.75) is 121 Å². The molecule has 24 heteroatoms. The van der Waals surface area contributed by atoms with E-state index in [1.54, 1.807) is 46.9 Å². The summed E-state index contributed by atoms with van der Waals surface area (Å²) in [6, 6.07) is -2.79. The monoisotopic (exact) mass is 956 g/mol. The van der Waals surface area contributed by atoms with E-state index < -0.39 is 108 Å². The number of aliphatic hydroxyl groups is 1. The third-order valence-electron chi connectivity index (χ3n) is 11.4. The molecular weight excluding hydrogens is 887 g/mol. The standard InChI is InChI=1S/C44H69N13O11/c1-6-25(4)36(41(65)54-32(20-27-21-48-23-50-27)42(66)57-17-8-10-33(57)39(63)52-30(15-18-58)43(67)68)56-38(62)31(19-26-11-13-28(59)14-12-26)53-40(64)35(24(2)3)55-37(61)29(51-34(60)22-47-5)9-7-16-49-44(45)46/h11-14,21,23-25,29-33,35-36,47,58-59H,6-10,15-20,22H2,1-5H3,(H,48,50)(H,51,60)(H,52,63)(H,53,64)(H,54,65)(H,55,61)(H,56,62)(H,67,68)(H4,45,46,49)/t25-,29-,30-,31-,32-,33+,35-,36-/m0/s1. The van der Waals surface area contributed by atoms with E-state index in [9.17, 15) is 53.7 Å². The number of imidazole rings is 1. The zero-order valence-electron chi connectivity index (χ0n) is 39.2. The van der Waals surface area contributed by atoms with Gasteiger partial charge in [0.05, 0.1) is 12.9 Å². The molecule has 1 saturated heterocycles. The number of nitrogens with two attached hydrogens (primary N) is 2. The first-order chi connectivity index (χ1) is 32.3. The molecule has 1 fully saturated rings. The Hall–Kier alpha value is -6.82. The number of likely N-dealkylation sites (N-methyl/N-ethyl adjacent to an activating group) is 1. The van der Waals surface area contributed by atoms with Gasteiger partial charge in [0.1, 0.15) is 48.0 Å². The molecule has 0 bridgehead atoms. The van der Waals surface area contributed by atoms with Crippen molar-refractivity contribution in [3.05, 3.63) is 48.0 Å². The number of rotatable bonds is 28. The molecule has 1 aliphatic rings. The van der Waals surface area contributed by atoms with Gasteiger partial charge >= 0.3 is 5.97 Å². The molecule has 3 rings (SSSR count). The Morgan fingerprint density at radius 2 is 1.49 bits per heavy atom. The number of carbonyl (C=O) groups excluding carboxylic acids is 7. The Balaban J connectivity index is 1.92. The summed E-state index contributed by atoms with van der Waals surface area (Å²) in [4.78, 5) is 121. The summed E-state index contributed by atoms with van der Waals surface area (Å²) < 4.78 is 0. The Labute approximate surface area is 395 Å². The lowest BCUT2D eigenvalue weighted by atomic mass is 9.96. The van der Waals surface area contributed by atoms with E-state index in [1.807, 2.05) is 0 Å². The highest BCUT2D eigenvalue weighted by atomic mass is 16.4. The maximum Gasteiger partial charge on any atom is 0.326 e. The van der Waals surface area contributed by atoms with Crippen molar-refractivity contribution in [3.63, 3.8) is 0 Å². The summed E-state index contributed by atoms with van der Waals surface area (Å²) in [5, 5.41) is 47.6. The highest BCUT2D eigenvalue weighted by Crippen LogP contribution is 2.21. The van der Waals surface area contributed by atoms with Crippen LogP contribution < -0.4 is 48.7 Å². The molecule has 376 valence electrons. The lowest BCUT2D eigenvalue weighted by Crippen LogP contribution is -2.62. The number of likely N-dealkylation sites (tertiary alicyclic amines) is 1. The lowest BCUT2D eigenvalue weighted by Gasteiger charge is -2.32. The highest BCUT2D eigenvalue weighted by Gasteiger charge is 2.41. The SMILES string of the molecule is CC[C@H](C)[C@H](NC(=O)[C@H](Cc1ccc(O)cc1)NC(=O)[C@@H](NC(=O)[C@H](CCCN=C(N)N)NC(=O)CNC)C(C)C)C(=O)N[C@@H](Cc1cnc[nH]1)C(=O)N1CCC[C@@H]1C(=O)N[C@@H](CCO)C(=O)O. The second kappa shape index (κ2) is 27.7. The van der Waals surface area contributed by atoms with Crippen LogP contribution in [0.3, 0.4) is 0 Å². The van der Waals surface area contributed by atoms with Gasteiger partial charge in [-0.15, -0.1) is 0 Å². The van der Waals surface area contributed by atoms with Gasteiger partial charge in [-0.25, -0.2) is 9.78 Å². The number of amides is 7. The number of benzene rings is 1. The number of hydrogen-bond donors (Lipinski definition) is 13. The molecule has 1 aliphatic heterocycles. The Morgan fingerprint density at radius 1 is 0.838 bits per heavy atom. The van der Waals surface area contributed by atoms with Crippen LogP contribution in [0.5, 0.6) is 5.75 Å². The number of H-pyrrole nitrogens is 1. The fraction of sp³-hybridized carbons (Fsp3) is 0.591. The number of carbonyl (C=O) groups is 8. The van der Waals surface area contributed by atoms with Crippen LogP contribution in [0.25, 0.3) is 0 Å². The minimum Gasteiger partial charge on any atom is -0.508 e. The van der Waals surface area contributed by atoms with Gasteiger partial charge in [0.25, 0.3) is 0 Å². The Bertz CT molecular complexity index is 2030. The van der Waals surface area contributed by atoms with Gasteiger partial charge in [0.15, 0.2) is 5.96 Å². The van der Waals surface area contributed by atoms with Gasteiger partial charge in [-0.05, 0) is 62.3 Å². The van der Waals surface area contributed by atoms with E-state index in [0.717, 1.165) is 0 Å². The van der Waals surface area contributed by atoms with E-state index in [-0.39, 0.29) is 63.4 Å². The second-order valence-corrected chi connectivity index (χ2v) is 17.1. The van der Waals surface area contributed by atoms with Gasteiger partial charge < -0.3 is 73.9 Å². The van der Waals surface area contributed by atoms with Crippen LogP contribution in [-0.4, -0.2) is 159 Å². The third-order valence-corrected chi connectivity index (χ3v) is 11.4. The number of guanidine groups is 1. The molecule has 0 unspecified atom stereocenters. The van der Waals surface area contributed by atoms with Crippen LogP contribution in [-0.2, 0) is 51.2 Å². The van der Waals surface area contributed by atoms with E-state index in [2.05, 4.69) is 52.2 Å². The zero-order chi connectivity index (χ0) is 50.5. The van der Waals surface area contributed by atoms with Crippen molar-refractivity contribution in [2.24, 2.45) is 28.3 Å². The van der Waals surface area contributed by atoms with E-state index in [1.165, 1.54) is 29.6 Å². The molecule has 0 aliphatic carbocycles. The van der Waals surface area contributed by atoms with Crippen LogP contribution in [0.2, 0.25) is 0 Å². The van der Waals surface area contributed by atoms with E-state index >= 15 is 0 Å². The number of aliphatic hydroxyl groups excluding tert-OH is 1. The predicted molar refractivity (Wildman–Crippen MR) is 248 cm³/mol. The minimum absolute atomic E-state index is 0.0456.